The Morgan fingerprint density at radius 3 is 2.58 bits per heavy atom. The summed E-state index contributed by atoms with van der Waals surface area (Å²) in [6.07, 6.45) is 1.69. The van der Waals surface area contributed by atoms with Crippen LogP contribution in [0.15, 0.2) is 29.1 Å². The number of amides is 1. The minimum atomic E-state index is -0.378. The number of fused-ring (bicyclic) bond motifs is 1. The van der Waals surface area contributed by atoms with Crippen molar-refractivity contribution in [3.63, 3.8) is 0 Å². The van der Waals surface area contributed by atoms with Crippen molar-refractivity contribution >= 4 is 29.2 Å². The van der Waals surface area contributed by atoms with Gasteiger partial charge in [0.1, 0.15) is 5.52 Å². The van der Waals surface area contributed by atoms with Gasteiger partial charge in [-0.3, -0.25) is 9.59 Å². The van der Waals surface area contributed by atoms with Crippen LogP contribution in [0.25, 0.3) is 10.9 Å². The van der Waals surface area contributed by atoms with Crippen molar-refractivity contribution in [1.82, 2.24) is 20.3 Å². The van der Waals surface area contributed by atoms with Crippen LogP contribution in [0.1, 0.15) is 33.1 Å². The van der Waals surface area contributed by atoms with Gasteiger partial charge in [-0.05, 0) is 25.0 Å². The molecule has 0 atom stereocenters. The lowest BCUT2D eigenvalue weighted by atomic mass is 9.93. The number of aromatic nitrogens is 3. The topological polar surface area (TPSA) is 103 Å². The molecular formula is C16H24ClN5O2. The SMILES string of the molecule is CCC(CC)(CN)NC(=O)CCn1nnc2ccccc2c1=O.Cl. The Labute approximate surface area is 147 Å². The Kier molecular flexibility index (Phi) is 7.31. The summed E-state index contributed by atoms with van der Waals surface area (Å²) in [5.41, 5.74) is 5.72. The van der Waals surface area contributed by atoms with Gasteiger partial charge in [0.25, 0.3) is 5.56 Å². The number of nitrogens with one attached hydrogen (secondary N) is 1. The van der Waals surface area contributed by atoms with Crippen LogP contribution in [-0.4, -0.2) is 33.0 Å². The van der Waals surface area contributed by atoms with Gasteiger partial charge in [-0.25, -0.2) is 4.68 Å². The molecule has 0 fully saturated rings. The van der Waals surface area contributed by atoms with Gasteiger partial charge in [0, 0.05) is 13.0 Å². The van der Waals surface area contributed by atoms with Crippen molar-refractivity contribution < 1.29 is 4.79 Å². The third kappa shape index (κ3) is 4.30. The molecule has 0 spiro atoms. The highest BCUT2D eigenvalue weighted by Gasteiger charge is 2.26. The largest absolute Gasteiger partial charge is 0.349 e. The van der Waals surface area contributed by atoms with Gasteiger partial charge in [0.05, 0.1) is 17.5 Å². The van der Waals surface area contributed by atoms with E-state index < -0.39 is 0 Å². The lowest BCUT2D eigenvalue weighted by molar-refractivity contribution is -0.123. The Balaban J connectivity index is 0.00000288. The quantitative estimate of drug-likeness (QED) is 0.779. The van der Waals surface area contributed by atoms with Crippen LogP contribution in [0.3, 0.4) is 0 Å². The van der Waals surface area contributed by atoms with Gasteiger partial charge in [-0.15, -0.1) is 17.5 Å². The van der Waals surface area contributed by atoms with Crippen molar-refractivity contribution in [2.75, 3.05) is 6.54 Å². The maximum absolute atomic E-state index is 12.3. The van der Waals surface area contributed by atoms with Crippen LogP contribution in [0.2, 0.25) is 0 Å². The summed E-state index contributed by atoms with van der Waals surface area (Å²) in [4.78, 5) is 24.5. The van der Waals surface area contributed by atoms with E-state index in [1.165, 1.54) is 4.68 Å². The molecule has 0 unspecified atom stereocenters. The zero-order valence-electron chi connectivity index (χ0n) is 14.0. The molecule has 0 bridgehead atoms. The molecule has 1 aromatic heterocycles. The van der Waals surface area contributed by atoms with E-state index >= 15 is 0 Å². The number of benzene rings is 1. The highest BCUT2D eigenvalue weighted by Crippen LogP contribution is 2.13. The molecule has 0 aliphatic heterocycles. The van der Waals surface area contributed by atoms with Crippen molar-refractivity contribution in [3.8, 4) is 0 Å². The molecule has 0 aliphatic rings. The summed E-state index contributed by atoms with van der Waals surface area (Å²) >= 11 is 0. The standard InChI is InChI=1S/C16H23N5O2.ClH/c1-3-16(4-2,11-17)18-14(22)9-10-21-15(23)12-7-5-6-8-13(12)19-20-21;/h5-8H,3-4,9-11,17H2,1-2H3,(H,18,22);1H. The van der Waals surface area contributed by atoms with Crippen molar-refractivity contribution in [2.45, 2.75) is 45.2 Å². The van der Waals surface area contributed by atoms with E-state index in [0.29, 0.717) is 17.4 Å². The van der Waals surface area contributed by atoms with Crippen LogP contribution in [-0.2, 0) is 11.3 Å². The smallest absolute Gasteiger partial charge is 0.277 e. The van der Waals surface area contributed by atoms with E-state index in [2.05, 4.69) is 15.6 Å². The van der Waals surface area contributed by atoms with Gasteiger partial charge in [0.15, 0.2) is 0 Å². The van der Waals surface area contributed by atoms with E-state index in [0.717, 1.165) is 12.8 Å². The molecule has 3 N–H and O–H groups in total. The van der Waals surface area contributed by atoms with Gasteiger partial charge < -0.3 is 11.1 Å². The maximum Gasteiger partial charge on any atom is 0.277 e. The van der Waals surface area contributed by atoms with Crippen molar-refractivity contribution in [3.05, 3.63) is 34.6 Å². The number of nitrogens with two attached hydrogens (primary N) is 1. The maximum atomic E-state index is 12.3. The van der Waals surface area contributed by atoms with Gasteiger partial charge in [0.2, 0.25) is 5.91 Å². The predicted octanol–water partition coefficient (Wildman–Crippen LogP) is 1.24. The fourth-order valence-corrected chi connectivity index (χ4v) is 2.50. The van der Waals surface area contributed by atoms with E-state index in [-0.39, 0.29) is 42.4 Å². The lowest BCUT2D eigenvalue weighted by Crippen LogP contribution is -2.53. The molecule has 24 heavy (non-hydrogen) atoms. The first-order valence-corrected chi connectivity index (χ1v) is 7.89. The van der Waals surface area contributed by atoms with Gasteiger partial charge >= 0.3 is 0 Å². The second-order valence-electron chi connectivity index (χ2n) is 5.62. The zero-order chi connectivity index (χ0) is 16.9. The van der Waals surface area contributed by atoms with Crippen LogP contribution < -0.4 is 16.6 Å². The number of rotatable bonds is 7. The molecule has 2 aromatic rings. The number of carbonyl (C=O) groups excluding carboxylic acids is 1. The molecule has 1 heterocycles. The first kappa shape index (κ1) is 20.1. The summed E-state index contributed by atoms with van der Waals surface area (Å²) in [5.74, 6) is -0.138. The number of hydrogen-bond donors (Lipinski definition) is 2. The number of nitrogens with zero attached hydrogens (tertiary/aromatic N) is 3. The summed E-state index contributed by atoms with van der Waals surface area (Å²) < 4.78 is 1.23. The highest BCUT2D eigenvalue weighted by molar-refractivity contribution is 5.85. The van der Waals surface area contributed by atoms with Crippen LogP contribution in [0.5, 0.6) is 0 Å². The molecule has 2 rings (SSSR count). The average Bonchev–Trinajstić information content (AvgIpc) is 2.59. The molecule has 0 radical (unpaired) electrons. The van der Waals surface area contributed by atoms with Gasteiger partial charge in [-0.1, -0.05) is 31.2 Å². The molecule has 1 amide bonds. The Hall–Kier alpha value is -1.99. The van der Waals surface area contributed by atoms with Gasteiger partial charge in [-0.2, -0.15) is 0 Å². The fraction of sp³-hybridized carbons (Fsp3) is 0.500. The molecule has 8 heteroatoms. The predicted molar refractivity (Wildman–Crippen MR) is 96.2 cm³/mol. The number of carbonyl (C=O) groups is 1. The van der Waals surface area contributed by atoms with Crippen LogP contribution in [0.4, 0.5) is 0 Å². The molecule has 7 nitrogen and oxygen atoms in total. The first-order valence-electron chi connectivity index (χ1n) is 7.89. The molecular weight excluding hydrogens is 330 g/mol. The first-order chi connectivity index (χ1) is 11.0. The fourth-order valence-electron chi connectivity index (χ4n) is 2.50. The lowest BCUT2D eigenvalue weighted by Gasteiger charge is -2.31. The third-order valence-electron chi connectivity index (χ3n) is 4.33. The summed E-state index contributed by atoms with van der Waals surface area (Å²) in [6.45, 7) is 4.57. The highest BCUT2D eigenvalue weighted by atomic mass is 35.5. The minimum Gasteiger partial charge on any atom is -0.349 e. The monoisotopic (exact) mass is 353 g/mol. The summed E-state index contributed by atoms with van der Waals surface area (Å²) in [6, 6.07) is 7.02. The zero-order valence-corrected chi connectivity index (χ0v) is 14.8. The van der Waals surface area contributed by atoms with E-state index in [9.17, 15) is 9.59 Å². The summed E-state index contributed by atoms with van der Waals surface area (Å²) in [7, 11) is 0. The Morgan fingerprint density at radius 2 is 1.96 bits per heavy atom. The van der Waals surface area contributed by atoms with E-state index in [1.807, 2.05) is 13.8 Å². The molecule has 0 aliphatic carbocycles. The second-order valence-corrected chi connectivity index (χ2v) is 5.62. The number of halogens is 1. The average molecular weight is 354 g/mol. The Morgan fingerprint density at radius 1 is 1.29 bits per heavy atom. The third-order valence-corrected chi connectivity index (χ3v) is 4.33. The van der Waals surface area contributed by atoms with E-state index in [4.69, 9.17) is 5.73 Å². The van der Waals surface area contributed by atoms with Crippen molar-refractivity contribution in [1.29, 1.82) is 0 Å². The normalized spacial score (nSPS) is 11.1. The molecule has 0 saturated heterocycles. The molecule has 1 aromatic carbocycles. The van der Waals surface area contributed by atoms with Crippen LogP contribution >= 0.6 is 12.4 Å². The van der Waals surface area contributed by atoms with E-state index in [1.54, 1.807) is 24.3 Å². The Bertz CT molecular complexity index is 734. The summed E-state index contributed by atoms with van der Waals surface area (Å²) in [5, 5.41) is 11.4. The second kappa shape index (κ2) is 8.75. The number of hydrogen-bond acceptors (Lipinski definition) is 5. The number of aryl methyl sites for hydroxylation is 1. The van der Waals surface area contributed by atoms with Crippen LogP contribution in [0, 0.1) is 0 Å². The minimum absolute atomic E-state index is 0. The molecule has 132 valence electrons. The molecule has 0 saturated carbocycles. The van der Waals surface area contributed by atoms with Crippen molar-refractivity contribution in [2.24, 2.45) is 5.73 Å².